The quantitative estimate of drug-likeness (QED) is 0.0968. The lowest BCUT2D eigenvalue weighted by molar-refractivity contribution is -0.157. The van der Waals surface area contributed by atoms with Gasteiger partial charge in [-0.3, -0.25) is 67.3 Å². The van der Waals surface area contributed by atoms with Crippen molar-refractivity contribution in [3.63, 3.8) is 0 Å². The summed E-state index contributed by atoms with van der Waals surface area (Å²) in [7, 11) is 0. The number of imide groups is 2. The zero-order valence-corrected chi connectivity index (χ0v) is 49.3. The van der Waals surface area contributed by atoms with Gasteiger partial charge in [-0.25, -0.2) is 4.79 Å². The highest BCUT2D eigenvalue weighted by molar-refractivity contribution is 6.19. The lowest BCUT2D eigenvalue weighted by Crippen LogP contribution is -2.66. The fourth-order valence-corrected chi connectivity index (χ4v) is 8.37. The molecule has 0 aromatic heterocycles. The van der Waals surface area contributed by atoms with Crippen LogP contribution in [0.4, 0.5) is 5.69 Å². The molecule has 11 amide bonds. The third kappa shape index (κ3) is 18.8. The number of aliphatic carboxylic acids is 1. The van der Waals surface area contributed by atoms with Crippen LogP contribution in [0.1, 0.15) is 115 Å². The second-order valence-corrected chi connectivity index (χ2v) is 23.6. The molecule has 8 unspecified atom stereocenters. The maximum absolute atomic E-state index is 14.3. The maximum Gasteiger partial charge on any atom is 0.333 e. The molecule has 0 saturated carbocycles. The van der Waals surface area contributed by atoms with Gasteiger partial charge in [0.15, 0.2) is 5.75 Å². The van der Waals surface area contributed by atoms with Gasteiger partial charge in [0.1, 0.15) is 36.3 Å². The molecule has 83 heavy (non-hydrogen) atoms. The molecule has 3 heterocycles. The Kier molecular flexibility index (Phi) is 22.7. The predicted molar refractivity (Wildman–Crippen MR) is 297 cm³/mol. The van der Waals surface area contributed by atoms with Gasteiger partial charge in [-0.2, -0.15) is 0 Å². The van der Waals surface area contributed by atoms with Crippen LogP contribution >= 0.6 is 0 Å². The van der Waals surface area contributed by atoms with Gasteiger partial charge in [-0.15, -0.1) is 0 Å². The summed E-state index contributed by atoms with van der Waals surface area (Å²) in [6, 6.07) is -5.45. The summed E-state index contributed by atoms with van der Waals surface area (Å²) in [4.78, 5) is 176. The minimum atomic E-state index is -2.08. The fraction of sp³-hybridized carbons (Fsp3) is 0.589. The van der Waals surface area contributed by atoms with E-state index in [4.69, 9.17) is 19.9 Å². The summed E-state index contributed by atoms with van der Waals surface area (Å²) in [5, 5.41) is 27.5. The molecule has 3 aliphatic rings. The number of nitrogens with one attached hydrogen (secondary N) is 7. The van der Waals surface area contributed by atoms with Crippen molar-refractivity contribution in [3.8, 4) is 5.75 Å². The highest BCUT2D eigenvalue weighted by Crippen LogP contribution is 2.29. The lowest BCUT2D eigenvalue weighted by Gasteiger charge is -2.36. The normalized spacial score (nSPS) is 26.7. The zero-order chi connectivity index (χ0) is 62.7. The monoisotopic (exact) mass is 1160 g/mol. The number of esters is 1. The molecule has 0 fully saturated rings. The number of ether oxygens (including phenoxy) is 3. The van der Waals surface area contributed by atoms with Crippen molar-refractivity contribution in [1.82, 2.24) is 41.7 Å². The Morgan fingerprint density at radius 1 is 0.602 bits per heavy atom. The number of hydrogen-bond acceptors (Lipinski definition) is 17. The van der Waals surface area contributed by atoms with E-state index in [1.54, 1.807) is 61.5 Å². The van der Waals surface area contributed by atoms with Gasteiger partial charge in [-0.1, -0.05) is 13.0 Å². The van der Waals surface area contributed by atoms with E-state index in [2.05, 4.69) is 37.2 Å². The molecule has 1 aromatic rings. The number of hydrogen-bond donors (Lipinski definition) is 9. The van der Waals surface area contributed by atoms with Gasteiger partial charge in [0, 0.05) is 43.4 Å². The van der Waals surface area contributed by atoms with E-state index in [9.17, 15) is 67.4 Å². The molecule has 0 bridgehead atoms. The number of nitrogens with zero attached hydrogens (tertiary/aromatic N) is 2. The number of carbonyl (C=O) groups is 13. The van der Waals surface area contributed by atoms with Gasteiger partial charge >= 0.3 is 11.9 Å². The van der Waals surface area contributed by atoms with Crippen molar-refractivity contribution < 1.29 is 81.6 Å². The Balaban J connectivity index is 1.65. The SMILES string of the molecule is CC(CC(N)Cc1ccc2c(c1)NC(=O)C(C)NC(=O)C(C)NC(=O)C(C)(C)COC(C)(C)CCNC(=O)C(N1C(=O)C=CC1=O)C(N1C(=O)C=CC1=O)C(=O)NCCC(C)(C)OCC(C)(C)C(=O)NC(C)C(=O)NC(C)C(=O)O2)C(=O)O. The van der Waals surface area contributed by atoms with Crippen molar-refractivity contribution in [2.45, 2.75) is 169 Å². The van der Waals surface area contributed by atoms with Crippen LogP contribution in [0.2, 0.25) is 0 Å². The van der Waals surface area contributed by atoms with E-state index in [1.807, 2.05) is 0 Å². The van der Waals surface area contributed by atoms with Crippen molar-refractivity contribution in [2.75, 3.05) is 31.6 Å². The minimum absolute atomic E-state index is 0.0247. The molecule has 10 N–H and O–H groups in total. The molecule has 8 atom stereocenters. The van der Waals surface area contributed by atoms with Crippen molar-refractivity contribution >= 4 is 82.6 Å². The third-order valence-electron chi connectivity index (χ3n) is 14.0. The number of anilines is 1. The maximum atomic E-state index is 14.3. The second kappa shape index (κ2) is 27.9. The van der Waals surface area contributed by atoms with Crippen LogP contribution in [-0.2, 0) is 78.2 Å². The summed E-state index contributed by atoms with van der Waals surface area (Å²) in [6.07, 6.45) is 3.77. The molecule has 27 nitrogen and oxygen atoms in total. The summed E-state index contributed by atoms with van der Waals surface area (Å²) >= 11 is 0. The number of benzene rings is 1. The summed E-state index contributed by atoms with van der Waals surface area (Å²) < 4.78 is 18.0. The average molecular weight is 1170 g/mol. The number of nitrogens with two attached hydrogens (primary N) is 1. The Bertz CT molecular complexity index is 2750. The number of fused-ring (bicyclic) bond motifs is 1. The lowest BCUT2D eigenvalue weighted by atomic mass is 9.92. The molecular formula is C56H80N10O17. The smallest absolute Gasteiger partial charge is 0.333 e. The summed E-state index contributed by atoms with van der Waals surface area (Å²) in [5.41, 5.74) is 1.95. The summed E-state index contributed by atoms with van der Waals surface area (Å²) in [6.45, 7) is 18.8. The second-order valence-electron chi connectivity index (χ2n) is 23.6. The van der Waals surface area contributed by atoms with Crippen molar-refractivity contribution in [1.29, 1.82) is 0 Å². The highest BCUT2D eigenvalue weighted by Gasteiger charge is 2.50. The van der Waals surface area contributed by atoms with Gasteiger partial charge in [0.2, 0.25) is 41.4 Å². The molecule has 1 aromatic carbocycles. The average Bonchev–Trinajstić information content (AvgIpc) is 3.90. The minimum Gasteiger partial charge on any atom is -0.481 e. The van der Waals surface area contributed by atoms with E-state index in [-0.39, 0.29) is 63.4 Å². The predicted octanol–water partition coefficient (Wildman–Crippen LogP) is -0.214. The zero-order valence-electron chi connectivity index (χ0n) is 49.3. The van der Waals surface area contributed by atoms with Crippen LogP contribution in [0.3, 0.4) is 0 Å². The third-order valence-corrected chi connectivity index (χ3v) is 14.0. The number of carboxylic acids is 1. The molecule has 3 aliphatic heterocycles. The van der Waals surface area contributed by atoms with Crippen LogP contribution < -0.4 is 47.7 Å². The first-order chi connectivity index (χ1) is 38.4. The Labute approximate surface area is 481 Å². The van der Waals surface area contributed by atoms with E-state index >= 15 is 0 Å². The van der Waals surface area contributed by atoms with Gasteiger partial charge in [-0.05, 0) is 126 Å². The first kappa shape index (κ1) is 67.6. The molecule has 4 rings (SSSR count). The van der Waals surface area contributed by atoms with Crippen molar-refractivity contribution in [2.24, 2.45) is 22.5 Å². The number of amides is 11. The molecular weight excluding hydrogens is 1080 g/mol. The van der Waals surface area contributed by atoms with Crippen LogP contribution in [0, 0.1) is 16.7 Å². The topological polar surface area (TPSA) is 387 Å². The number of carboxylic acid groups (broad SMARTS) is 1. The first-order valence-electron chi connectivity index (χ1n) is 27.2. The number of carbonyl (C=O) groups excluding carboxylic acids is 12. The Morgan fingerprint density at radius 2 is 1.00 bits per heavy atom. The van der Waals surface area contributed by atoms with Crippen LogP contribution in [-0.4, -0.2) is 172 Å². The molecule has 0 aliphatic carbocycles. The van der Waals surface area contributed by atoms with E-state index in [0.717, 1.165) is 24.3 Å². The van der Waals surface area contributed by atoms with Gasteiger partial charge < -0.3 is 62.3 Å². The Hall–Kier alpha value is -7.91. The van der Waals surface area contributed by atoms with E-state index in [0.29, 0.717) is 15.4 Å². The van der Waals surface area contributed by atoms with Gasteiger partial charge in [0.25, 0.3) is 23.6 Å². The largest absolute Gasteiger partial charge is 0.481 e. The summed E-state index contributed by atoms with van der Waals surface area (Å²) in [5.74, 6) is -12.8. The standard InChI is InChI=1S/C56H80N10O17/c1-29(49(76)77)24-35(57)25-34-14-15-37-36(26-34)64-46(73)30(2)60-44(71)31(3)62-51(79)53(6,7)27-81-55(10,11)20-22-58-47(74)42(65-38(67)16-17-39(65)68)43(66-40(69)18-19-41(66)70)48(75)59-23-21-56(12,13)82-28-54(8,9)52(80)63-32(4)45(72)61-33(5)50(78)83-37/h14-19,26,29-33,35,42-43H,20-25,27-28,57H2,1-13H3,(H,58,74)(H,59,75)(H,60,71)(H,61,72)(H,62,79)(H,63,80)(H,64,73)(H,76,77). The van der Waals surface area contributed by atoms with Crippen LogP contribution in [0.15, 0.2) is 42.5 Å². The van der Waals surface area contributed by atoms with E-state index < -0.39 is 147 Å². The molecule has 0 saturated heterocycles. The number of rotatable bonds is 7. The first-order valence-corrected chi connectivity index (χ1v) is 27.2. The van der Waals surface area contributed by atoms with E-state index in [1.165, 1.54) is 46.8 Å². The fourth-order valence-electron chi connectivity index (χ4n) is 8.37. The Morgan fingerprint density at radius 3 is 1.41 bits per heavy atom. The molecule has 456 valence electrons. The van der Waals surface area contributed by atoms with Crippen LogP contribution in [0.25, 0.3) is 0 Å². The van der Waals surface area contributed by atoms with Crippen molar-refractivity contribution in [3.05, 3.63) is 48.1 Å². The molecule has 27 heteroatoms. The highest BCUT2D eigenvalue weighted by atomic mass is 16.5. The van der Waals surface area contributed by atoms with Crippen LogP contribution in [0.5, 0.6) is 5.75 Å². The molecule has 0 spiro atoms. The van der Waals surface area contributed by atoms with Gasteiger partial charge in [0.05, 0.1) is 46.9 Å². The molecule has 0 radical (unpaired) electrons.